The maximum absolute atomic E-state index is 9.98. The molecule has 4 heteroatoms. The van der Waals surface area contributed by atoms with Gasteiger partial charge in [-0.15, -0.1) is 0 Å². The minimum Gasteiger partial charge on any atom is -0.489 e. The topological polar surface area (TPSA) is 43.4 Å². The quantitative estimate of drug-likeness (QED) is 0.252. The molecule has 0 aliphatic carbocycles. The van der Waals surface area contributed by atoms with Crippen LogP contribution in [0.4, 0.5) is 0 Å². The van der Waals surface area contributed by atoms with E-state index >= 15 is 0 Å². The molecule has 0 saturated carbocycles. The molecular weight excluding hydrogens is 144 g/mol. The molecular formula is C5H5ClO3. The summed E-state index contributed by atoms with van der Waals surface area (Å²) < 4.78 is 4.44. The monoisotopic (exact) mass is 148 g/mol. The second-order valence-electron chi connectivity index (χ2n) is 1.21. The van der Waals surface area contributed by atoms with Gasteiger partial charge in [-0.1, -0.05) is 0 Å². The van der Waals surface area contributed by atoms with Crippen LogP contribution in [0.15, 0.2) is 6.26 Å². The Morgan fingerprint density at radius 1 is 1.78 bits per heavy atom. The second kappa shape index (κ2) is 5.35. The van der Waals surface area contributed by atoms with Crippen LogP contribution in [0.25, 0.3) is 0 Å². The zero-order valence-electron chi connectivity index (χ0n) is 4.59. The second-order valence-corrected chi connectivity index (χ2v) is 1.63. The van der Waals surface area contributed by atoms with E-state index in [2.05, 4.69) is 4.74 Å². The Balaban J connectivity index is 3.10. The zero-order chi connectivity index (χ0) is 7.11. The highest BCUT2D eigenvalue weighted by atomic mass is 35.5. The summed E-state index contributed by atoms with van der Waals surface area (Å²) in [5.41, 5.74) is 0. The number of ether oxygens (including phenoxy) is 1. The number of halogens is 1. The molecule has 0 radical (unpaired) electrons. The normalized spacial score (nSPS) is 7.67. The van der Waals surface area contributed by atoms with Crippen LogP contribution in [0.5, 0.6) is 0 Å². The Morgan fingerprint density at radius 3 is 2.89 bits per heavy atom. The molecule has 0 rings (SSSR count). The summed E-state index contributed by atoms with van der Waals surface area (Å²) in [6, 6.07) is 0. The van der Waals surface area contributed by atoms with Gasteiger partial charge in [-0.3, -0.25) is 4.79 Å². The summed E-state index contributed by atoms with van der Waals surface area (Å²) in [6.45, 7) is 0.136. The van der Waals surface area contributed by atoms with Gasteiger partial charge in [0, 0.05) is 0 Å². The van der Waals surface area contributed by atoms with Crippen molar-refractivity contribution in [2.75, 3.05) is 6.61 Å². The lowest BCUT2D eigenvalue weighted by atomic mass is 10.5. The first-order valence-electron chi connectivity index (χ1n) is 2.26. The maximum Gasteiger partial charge on any atom is 0.225 e. The number of hydrogen-bond acceptors (Lipinski definition) is 3. The SMILES string of the molecule is O=C=COCCC(=O)Cl. The van der Waals surface area contributed by atoms with E-state index in [-0.39, 0.29) is 13.0 Å². The Hall–Kier alpha value is -0.790. The van der Waals surface area contributed by atoms with Gasteiger partial charge in [0.25, 0.3) is 0 Å². The summed E-state index contributed by atoms with van der Waals surface area (Å²) in [4.78, 5) is 19.4. The van der Waals surface area contributed by atoms with Gasteiger partial charge in [-0.25, -0.2) is 4.79 Å². The van der Waals surface area contributed by atoms with Crippen molar-refractivity contribution in [3.63, 3.8) is 0 Å². The molecule has 0 spiro atoms. The van der Waals surface area contributed by atoms with Crippen molar-refractivity contribution < 1.29 is 14.3 Å². The summed E-state index contributed by atoms with van der Waals surface area (Å²) in [6.07, 6.45) is 0.958. The lowest BCUT2D eigenvalue weighted by Gasteiger charge is -1.91. The van der Waals surface area contributed by atoms with E-state index in [1.54, 1.807) is 0 Å². The molecule has 9 heavy (non-hydrogen) atoms. The van der Waals surface area contributed by atoms with Crippen LogP contribution < -0.4 is 0 Å². The van der Waals surface area contributed by atoms with Gasteiger partial charge >= 0.3 is 0 Å². The largest absolute Gasteiger partial charge is 0.489 e. The van der Waals surface area contributed by atoms with Crippen molar-refractivity contribution in [1.82, 2.24) is 0 Å². The molecule has 0 heterocycles. The van der Waals surface area contributed by atoms with E-state index < -0.39 is 5.24 Å². The highest BCUT2D eigenvalue weighted by molar-refractivity contribution is 6.63. The third kappa shape index (κ3) is 7.21. The molecule has 0 N–H and O–H groups in total. The average Bonchev–Trinajstić information content (AvgIpc) is 1.80. The minimum atomic E-state index is -0.478. The Morgan fingerprint density at radius 2 is 2.44 bits per heavy atom. The van der Waals surface area contributed by atoms with Crippen LogP contribution in [0, 0.1) is 0 Å². The molecule has 0 aromatic heterocycles. The fourth-order valence-electron chi connectivity index (χ4n) is 0.232. The molecule has 0 fully saturated rings. The summed E-state index contributed by atoms with van der Waals surface area (Å²) in [5.74, 6) is 1.39. The number of hydrogen-bond donors (Lipinski definition) is 0. The Labute approximate surface area is 57.2 Å². The maximum atomic E-state index is 9.98. The Bertz CT molecular complexity index is 135. The highest BCUT2D eigenvalue weighted by Gasteiger charge is 1.92. The zero-order valence-corrected chi connectivity index (χ0v) is 5.35. The first-order valence-corrected chi connectivity index (χ1v) is 2.64. The molecule has 0 bridgehead atoms. The lowest BCUT2D eigenvalue weighted by molar-refractivity contribution is -0.112. The first-order chi connectivity index (χ1) is 4.27. The summed E-state index contributed by atoms with van der Waals surface area (Å²) in [5, 5.41) is -0.478. The predicted octanol–water partition coefficient (Wildman–Crippen LogP) is 0.504. The van der Waals surface area contributed by atoms with Crippen molar-refractivity contribution >= 4 is 22.8 Å². The molecule has 0 amide bonds. The fraction of sp³-hybridized carbons (Fsp3) is 0.400. The van der Waals surface area contributed by atoms with Gasteiger partial charge in [0.15, 0.2) is 12.2 Å². The first kappa shape index (κ1) is 8.21. The van der Waals surface area contributed by atoms with Crippen LogP contribution >= 0.6 is 11.6 Å². The van der Waals surface area contributed by atoms with E-state index in [9.17, 15) is 9.59 Å². The van der Waals surface area contributed by atoms with E-state index in [1.165, 1.54) is 5.94 Å². The molecule has 0 atom stereocenters. The average molecular weight is 149 g/mol. The van der Waals surface area contributed by atoms with Gasteiger partial charge in [-0.2, -0.15) is 0 Å². The van der Waals surface area contributed by atoms with E-state index in [0.29, 0.717) is 0 Å². The number of carbonyl (C=O) groups is 1. The molecule has 0 saturated heterocycles. The molecule has 50 valence electrons. The van der Waals surface area contributed by atoms with Crippen LogP contribution in [0.3, 0.4) is 0 Å². The predicted molar refractivity (Wildman–Crippen MR) is 31.7 cm³/mol. The van der Waals surface area contributed by atoms with Crippen LogP contribution in [0.1, 0.15) is 6.42 Å². The van der Waals surface area contributed by atoms with Crippen molar-refractivity contribution in [3.8, 4) is 0 Å². The molecule has 0 aromatic rings. The van der Waals surface area contributed by atoms with Crippen LogP contribution in [-0.2, 0) is 14.3 Å². The highest BCUT2D eigenvalue weighted by Crippen LogP contribution is 1.88. The third-order valence-electron chi connectivity index (χ3n) is 0.548. The van der Waals surface area contributed by atoms with Gasteiger partial charge in [-0.05, 0) is 11.6 Å². The van der Waals surface area contributed by atoms with Crippen LogP contribution in [-0.4, -0.2) is 17.8 Å². The smallest absolute Gasteiger partial charge is 0.225 e. The fourth-order valence-corrected chi connectivity index (χ4v) is 0.309. The van der Waals surface area contributed by atoms with Crippen molar-refractivity contribution in [1.29, 1.82) is 0 Å². The van der Waals surface area contributed by atoms with Gasteiger partial charge in [0.1, 0.15) is 0 Å². The summed E-state index contributed by atoms with van der Waals surface area (Å²) in [7, 11) is 0. The molecule has 3 nitrogen and oxygen atoms in total. The number of carbonyl (C=O) groups excluding carboxylic acids is 2. The van der Waals surface area contributed by atoms with Crippen molar-refractivity contribution in [2.24, 2.45) is 0 Å². The van der Waals surface area contributed by atoms with E-state index in [4.69, 9.17) is 11.6 Å². The lowest BCUT2D eigenvalue weighted by Crippen LogP contribution is -1.93. The minimum absolute atomic E-state index is 0.111. The van der Waals surface area contributed by atoms with Crippen molar-refractivity contribution in [3.05, 3.63) is 6.26 Å². The van der Waals surface area contributed by atoms with Crippen LogP contribution in [0.2, 0.25) is 0 Å². The summed E-state index contributed by atoms with van der Waals surface area (Å²) >= 11 is 4.93. The Kier molecular flexibility index (Phi) is 4.88. The van der Waals surface area contributed by atoms with Crippen molar-refractivity contribution in [2.45, 2.75) is 6.42 Å². The molecule has 0 aliphatic heterocycles. The molecule has 0 aliphatic rings. The number of rotatable bonds is 4. The van der Waals surface area contributed by atoms with Gasteiger partial charge in [0.05, 0.1) is 13.0 Å². The standard InChI is InChI=1S/C5H5ClO3/c6-5(8)1-3-9-4-2-7/h4H,1,3H2. The van der Waals surface area contributed by atoms with Gasteiger partial charge in [0.2, 0.25) is 5.24 Å². The van der Waals surface area contributed by atoms with Gasteiger partial charge < -0.3 is 4.74 Å². The third-order valence-corrected chi connectivity index (χ3v) is 0.737. The van der Waals surface area contributed by atoms with E-state index in [1.807, 2.05) is 0 Å². The van der Waals surface area contributed by atoms with E-state index in [0.717, 1.165) is 6.26 Å². The molecule has 0 aromatic carbocycles. The molecule has 0 unspecified atom stereocenters.